The fourth-order valence-electron chi connectivity index (χ4n) is 1.70. The van der Waals surface area contributed by atoms with Gasteiger partial charge in [0.1, 0.15) is 17.8 Å². The Kier molecular flexibility index (Phi) is 2.37. The molecule has 0 spiro atoms. The second kappa shape index (κ2) is 4.05. The third kappa shape index (κ3) is 1.86. The zero-order valence-corrected chi connectivity index (χ0v) is 9.93. The molecule has 9 nitrogen and oxygen atoms in total. The molecule has 0 aromatic carbocycles. The highest BCUT2D eigenvalue weighted by Gasteiger charge is 2.17. The van der Waals surface area contributed by atoms with Gasteiger partial charge in [-0.15, -0.1) is 0 Å². The maximum Gasteiger partial charge on any atom is 0.275 e. The lowest BCUT2D eigenvalue weighted by atomic mass is 10.2. The van der Waals surface area contributed by atoms with Crippen molar-refractivity contribution in [1.29, 1.82) is 0 Å². The van der Waals surface area contributed by atoms with E-state index >= 15 is 0 Å². The van der Waals surface area contributed by atoms with Crippen LogP contribution in [0.5, 0.6) is 0 Å². The molecule has 0 fully saturated rings. The van der Waals surface area contributed by atoms with Crippen molar-refractivity contribution in [2.45, 2.75) is 6.92 Å². The predicted molar refractivity (Wildman–Crippen MR) is 67.4 cm³/mol. The summed E-state index contributed by atoms with van der Waals surface area (Å²) < 4.78 is 0. The van der Waals surface area contributed by atoms with Crippen LogP contribution in [0.4, 0.5) is 11.6 Å². The van der Waals surface area contributed by atoms with Gasteiger partial charge in [-0.1, -0.05) is 0 Å². The van der Waals surface area contributed by atoms with Gasteiger partial charge in [-0.05, 0) is 6.92 Å². The number of anilines is 2. The summed E-state index contributed by atoms with van der Waals surface area (Å²) in [6.45, 7) is 1.83. The summed E-state index contributed by atoms with van der Waals surface area (Å²) in [4.78, 5) is 19.9. The molecule has 0 aliphatic carbocycles. The van der Waals surface area contributed by atoms with Crippen LogP contribution in [0.15, 0.2) is 12.4 Å². The van der Waals surface area contributed by atoms with Crippen molar-refractivity contribution in [3.63, 3.8) is 0 Å². The number of nitrogens with one attached hydrogen (secondary N) is 3. The molecule has 3 rings (SSSR count). The van der Waals surface area contributed by atoms with Gasteiger partial charge in [0.2, 0.25) is 0 Å². The van der Waals surface area contributed by atoms with Crippen molar-refractivity contribution >= 4 is 28.6 Å². The quantitative estimate of drug-likeness (QED) is 0.518. The number of carbonyl (C=O) groups is 1. The van der Waals surface area contributed by atoms with Gasteiger partial charge in [0.15, 0.2) is 11.5 Å². The van der Waals surface area contributed by atoms with Crippen molar-refractivity contribution in [3.05, 3.63) is 23.8 Å². The number of nitrogens with two attached hydrogens (primary N) is 1. The summed E-state index contributed by atoms with van der Waals surface area (Å²) in [5.74, 6) is 0.207. The Bertz CT molecular complexity index is 758. The molecule has 1 amide bonds. The van der Waals surface area contributed by atoms with Crippen LogP contribution in [0.25, 0.3) is 11.0 Å². The van der Waals surface area contributed by atoms with Crippen LogP contribution in [0.1, 0.15) is 16.2 Å². The first-order chi connectivity index (χ1) is 9.15. The van der Waals surface area contributed by atoms with E-state index < -0.39 is 5.91 Å². The number of carbonyl (C=O) groups excluding carboxylic acids is 1. The minimum absolute atomic E-state index is 0.196. The molecule has 0 aliphatic heterocycles. The second-order valence-electron chi connectivity index (χ2n) is 3.95. The number of aromatic nitrogens is 6. The summed E-state index contributed by atoms with van der Waals surface area (Å²) >= 11 is 0. The third-order valence-electron chi connectivity index (χ3n) is 2.55. The van der Waals surface area contributed by atoms with Gasteiger partial charge in [0.05, 0.1) is 5.39 Å². The topological polar surface area (TPSA) is 138 Å². The zero-order valence-electron chi connectivity index (χ0n) is 9.93. The number of nitrogens with zero attached hydrogens (tertiary/aromatic N) is 4. The lowest BCUT2D eigenvalue weighted by Gasteiger charge is -2.00. The van der Waals surface area contributed by atoms with Crippen LogP contribution in [0, 0.1) is 6.92 Å². The van der Waals surface area contributed by atoms with Crippen molar-refractivity contribution in [1.82, 2.24) is 30.4 Å². The van der Waals surface area contributed by atoms with Crippen molar-refractivity contribution in [2.24, 2.45) is 0 Å². The number of rotatable bonds is 2. The van der Waals surface area contributed by atoms with Crippen LogP contribution in [-0.2, 0) is 0 Å². The highest BCUT2D eigenvalue weighted by molar-refractivity contribution is 6.12. The first-order valence-corrected chi connectivity index (χ1v) is 5.43. The lowest BCUT2D eigenvalue weighted by molar-refractivity contribution is 0.102. The van der Waals surface area contributed by atoms with E-state index in [9.17, 15) is 4.79 Å². The first kappa shape index (κ1) is 11.1. The predicted octanol–water partition coefficient (Wildman–Crippen LogP) is 0.219. The highest BCUT2D eigenvalue weighted by atomic mass is 16.2. The monoisotopic (exact) mass is 258 g/mol. The molecule has 0 radical (unpaired) electrons. The Balaban J connectivity index is 1.98. The fourth-order valence-corrected chi connectivity index (χ4v) is 1.70. The largest absolute Gasteiger partial charge is 0.383 e. The normalized spacial score (nSPS) is 10.8. The van der Waals surface area contributed by atoms with E-state index in [1.807, 2.05) is 6.92 Å². The number of aryl methyl sites for hydroxylation is 1. The minimum atomic E-state index is -0.407. The number of fused-ring (bicyclic) bond motifs is 1. The van der Waals surface area contributed by atoms with Gasteiger partial charge in [0, 0.05) is 11.8 Å². The second-order valence-corrected chi connectivity index (χ2v) is 3.95. The Hall–Kier alpha value is -2.97. The van der Waals surface area contributed by atoms with Gasteiger partial charge in [0.25, 0.3) is 5.91 Å². The van der Waals surface area contributed by atoms with E-state index in [-0.39, 0.29) is 11.5 Å². The summed E-state index contributed by atoms with van der Waals surface area (Å²) in [6.07, 6.45) is 1.29. The van der Waals surface area contributed by atoms with E-state index in [1.165, 1.54) is 6.33 Å². The average Bonchev–Trinajstić information content (AvgIpc) is 2.96. The number of aromatic amines is 2. The van der Waals surface area contributed by atoms with Crippen molar-refractivity contribution in [2.75, 3.05) is 11.1 Å². The van der Waals surface area contributed by atoms with Crippen LogP contribution >= 0.6 is 0 Å². The number of nitrogen functional groups attached to an aromatic ring is 1. The molecule has 96 valence electrons. The molecule has 9 heteroatoms. The summed E-state index contributed by atoms with van der Waals surface area (Å²) in [7, 11) is 0. The molecule has 0 unspecified atom stereocenters. The minimum Gasteiger partial charge on any atom is -0.383 e. The van der Waals surface area contributed by atoms with E-state index in [1.54, 1.807) is 6.07 Å². The standard InChI is InChI=1S/C10H10N8O/c1-4-2-5(16-15-4)14-10(19)7-6-8(11)12-3-13-9(6)18-17-7/h2-3H,1H3,(H2,14,15,16,19)(H3,11,12,13,17,18). The molecule has 3 heterocycles. The summed E-state index contributed by atoms with van der Waals surface area (Å²) in [5, 5.41) is 16.2. The number of H-pyrrole nitrogens is 2. The molecular weight excluding hydrogens is 248 g/mol. The third-order valence-corrected chi connectivity index (χ3v) is 2.55. The lowest BCUT2D eigenvalue weighted by Crippen LogP contribution is -2.13. The molecule has 0 atom stereocenters. The molecule has 0 saturated heterocycles. The average molecular weight is 258 g/mol. The van der Waals surface area contributed by atoms with E-state index in [2.05, 4.69) is 35.7 Å². The molecule has 0 bridgehead atoms. The molecule has 3 aromatic heterocycles. The van der Waals surface area contributed by atoms with E-state index in [4.69, 9.17) is 5.73 Å². The first-order valence-electron chi connectivity index (χ1n) is 5.43. The molecule has 3 aromatic rings. The maximum atomic E-state index is 12.1. The van der Waals surface area contributed by atoms with E-state index in [0.717, 1.165) is 5.69 Å². The molecule has 0 aliphatic rings. The van der Waals surface area contributed by atoms with Crippen molar-refractivity contribution < 1.29 is 4.79 Å². The summed E-state index contributed by atoms with van der Waals surface area (Å²) in [5.41, 5.74) is 7.11. The summed E-state index contributed by atoms with van der Waals surface area (Å²) in [6, 6.07) is 1.70. The highest BCUT2D eigenvalue weighted by Crippen LogP contribution is 2.19. The molecule has 0 saturated carbocycles. The van der Waals surface area contributed by atoms with Crippen molar-refractivity contribution in [3.8, 4) is 0 Å². The number of hydrogen-bond donors (Lipinski definition) is 4. The van der Waals surface area contributed by atoms with E-state index in [0.29, 0.717) is 16.9 Å². The zero-order chi connectivity index (χ0) is 13.4. The van der Waals surface area contributed by atoms with Gasteiger partial charge >= 0.3 is 0 Å². The van der Waals surface area contributed by atoms with Crippen LogP contribution in [-0.4, -0.2) is 36.3 Å². The van der Waals surface area contributed by atoms with Crippen LogP contribution in [0.2, 0.25) is 0 Å². The number of hydrogen-bond acceptors (Lipinski definition) is 6. The number of amides is 1. The SMILES string of the molecule is Cc1cc(NC(=O)c2[nH]nc3ncnc(N)c23)n[nH]1. The molecule has 19 heavy (non-hydrogen) atoms. The van der Waals surface area contributed by atoms with Crippen LogP contribution in [0.3, 0.4) is 0 Å². The van der Waals surface area contributed by atoms with Gasteiger partial charge < -0.3 is 11.1 Å². The molecule has 5 N–H and O–H groups in total. The fraction of sp³-hybridized carbons (Fsp3) is 0.100. The van der Waals surface area contributed by atoms with Crippen LogP contribution < -0.4 is 11.1 Å². The Morgan fingerprint density at radius 1 is 1.32 bits per heavy atom. The smallest absolute Gasteiger partial charge is 0.275 e. The molecular formula is C10H10N8O. The maximum absolute atomic E-state index is 12.1. The van der Waals surface area contributed by atoms with Gasteiger partial charge in [-0.2, -0.15) is 10.2 Å². The Morgan fingerprint density at radius 2 is 2.16 bits per heavy atom. The van der Waals surface area contributed by atoms with Gasteiger partial charge in [-0.25, -0.2) is 9.97 Å². The Morgan fingerprint density at radius 3 is 2.89 bits per heavy atom. The van der Waals surface area contributed by atoms with Gasteiger partial charge in [-0.3, -0.25) is 15.0 Å². The Labute approximate surface area is 106 Å².